The Morgan fingerprint density at radius 2 is 1.69 bits per heavy atom. The molecule has 26 heavy (non-hydrogen) atoms. The third kappa shape index (κ3) is 3.78. The third-order valence-corrected chi connectivity index (χ3v) is 6.00. The van der Waals surface area contributed by atoms with Gasteiger partial charge < -0.3 is 5.32 Å². The van der Waals surface area contributed by atoms with Crippen molar-refractivity contribution in [3.63, 3.8) is 0 Å². The summed E-state index contributed by atoms with van der Waals surface area (Å²) in [6.45, 7) is 0. The molecule has 0 fully saturated rings. The van der Waals surface area contributed by atoms with Crippen molar-refractivity contribution in [1.82, 2.24) is 4.98 Å². The van der Waals surface area contributed by atoms with E-state index in [0.29, 0.717) is 5.56 Å². The molecule has 0 aliphatic rings. The lowest BCUT2D eigenvalue weighted by Crippen LogP contribution is -2.13. The van der Waals surface area contributed by atoms with Gasteiger partial charge in [0, 0.05) is 15.7 Å². The number of carbonyl (C=O) groups is 1. The molecule has 3 nitrogen and oxygen atoms in total. The molecule has 0 radical (unpaired) electrons. The Morgan fingerprint density at radius 1 is 0.962 bits per heavy atom. The number of amides is 1. The second-order valence-electron chi connectivity index (χ2n) is 5.88. The summed E-state index contributed by atoms with van der Waals surface area (Å²) in [5.41, 5.74) is 3.71. The lowest BCUT2D eigenvalue weighted by Gasteiger charge is -2.07. The second-order valence-corrected chi connectivity index (χ2v) is 8.16. The molecular formula is C21H15IN2OS. The number of carbonyl (C=O) groups excluding carboxylic acids is 1. The number of para-hydroxylation sites is 1. The second kappa shape index (κ2) is 7.55. The van der Waals surface area contributed by atoms with Gasteiger partial charge in [0.1, 0.15) is 0 Å². The van der Waals surface area contributed by atoms with E-state index in [0.717, 1.165) is 26.2 Å². The topological polar surface area (TPSA) is 42.0 Å². The molecule has 1 N–H and O–H groups in total. The van der Waals surface area contributed by atoms with Crippen LogP contribution >= 0.6 is 33.9 Å². The summed E-state index contributed by atoms with van der Waals surface area (Å²) in [4.78, 5) is 17.1. The van der Waals surface area contributed by atoms with Gasteiger partial charge in [-0.3, -0.25) is 4.79 Å². The zero-order valence-electron chi connectivity index (χ0n) is 13.8. The van der Waals surface area contributed by atoms with Gasteiger partial charge in [0.05, 0.1) is 20.8 Å². The summed E-state index contributed by atoms with van der Waals surface area (Å²) in [7, 11) is 0. The molecule has 1 aromatic heterocycles. The maximum Gasteiger partial charge on any atom is 0.256 e. The first-order valence-electron chi connectivity index (χ1n) is 8.18. The summed E-state index contributed by atoms with van der Waals surface area (Å²) < 4.78 is 2.15. The fourth-order valence-corrected chi connectivity index (χ4v) is 4.35. The van der Waals surface area contributed by atoms with Gasteiger partial charge in [-0.25, -0.2) is 4.98 Å². The molecule has 0 unspecified atom stereocenters. The number of nitrogens with one attached hydrogen (secondary N) is 1. The first-order valence-corrected chi connectivity index (χ1v) is 10.1. The van der Waals surface area contributed by atoms with Gasteiger partial charge in [-0.1, -0.05) is 36.4 Å². The van der Waals surface area contributed by atoms with Crippen molar-refractivity contribution in [3.8, 4) is 0 Å². The summed E-state index contributed by atoms with van der Waals surface area (Å²) in [5, 5.41) is 4.05. The Hall–Kier alpha value is -2.25. The first kappa shape index (κ1) is 17.2. The van der Waals surface area contributed by atoms with Crippen LogP contribution in [0.25, 0.3) is 10.2 Å². The highest BCUT2D eigenvalue weighted by Gasteiger charge is 2.10. The average Bonchev–Trinajstić information content (AvgIpc) is 3.06. The first-order chi connectivity index (χ1) is 12.7. The van der Waals surface area contributed by atoms with E-state index in [1.807, 2.05) is 66.7 Å². The highest BCUT2D eigenvalue weighted by Crippen LogP contribution is 2.24. The lowest BCUT2D eigenvalue weighted by atomic mass is 10.1. The number of benzene rings is 3. The Kier molecular flexibility index (Phi) is 4.99. The minimum atomic E-state index is -0.0890. The molecule has 0 atom stereocenters. The molecule has 3 aromatic carbocycles. The normalized spacial score (nSPS) is 10.8. The summed E-state index contributed by atoms with van der Waals surface area (Å²) in [5.74, 6) is -0.0890. The SMILES string of the molecule is O=C(Nc1ccc(Cc2nc3ccccc3s2)cc1)c1ccccc1I. The zero-order chi connectivity index (χ0) is 17.9. The van der Waals surface area contributed by atoms with Crippen LogP contribution in [0.3, 0.4) is 0 Å². The molecule has 0 saturated heterocycles. The highest BCUT2D eigenvalue weighted by atomic mass is 127. The minimum absolute atomic E-state index is 0.0890. The van der Waals surface area contributed by atoms with E-state index in [1.54, 1.807) is 11.3 Å². The van der Waals surface area contributed by atoms with E-state index < -0.39 is 0 Å². The summed E-state index contributed by atoms with van der Waals surface area (Å²) >= 11 is 3.90. The number of aromatic nitrogens is 1. The number of anilines is 1. The molecule has 128 valence electrons. The van der Waals surface area contributed by atoms with Crippen molar-refractivity contribution in [2.24, 2.45) is 0 Å². The van der Waals surface area contributed by atoms with Crippen LogP contribution in [0.4, 0.5) is 5.69 Å². The molecule has 4 aromatic rings. The van der Waals surface area contributed by atoms with Crippen LogP contribution < -0.4 is 5.32 Å². The van der Waals surface area contributed by atoms with Crippen LogP contribution in [0.2, 0.25) is 0 Å². The van der Waals surface area contributed by atoms with Crippen molar-refractivity contribution in [2.45, 2.75) is 6.42 Å². The number of rotatable bonds is 4. The molecule has 0 bridgehead atoms. The van der Waals surface area contributed by atoms with Gasteiger partial charge in [0.2, 0.25) is 0 Å². The molecule has 1 amide bonds. The van der Waals surface area contributed by atoms with Crippen LogP contribution in [-0.4, -0.2) is 10.9 Å². The fraction of sp³-hybridized carbons (Fsp3) is 0.0476. The van der Waals surface area contributed by atoms with E-state index in [1.165, 1.54) is 10.3 Å². The van der Waals surface area contributed by atoms with Gasteiger partial charge in [-0.2, -0.15) is 0 Å². The Labute approximate surface area is 169 Å². The van der Waals surface area contributed by atoms with Crippen LogP contribution in [-0.2, 0) is 6.42 Å². The number of fused-ring (bicyclic) bond motifs is 1. The summed E-state index contributed by atoms with van der Waals surface area (Å²) in [6.07, 6.45) is 0.796. The number of halogens is 1. The monoisotopic (exact) mass is 470 g/mol. The van der Waals surface area contributed by atoms with Crippen LogP contribution in [0, 0.1) is 3.57 Å². The van der Waals surface area contributed by atoms with Crippen LogP contribution in [0.1, 0.15) is 20.9 Å². The third-order valence-electron chi connectivity index (χ3n) is 4.02. The predicted molar refractivity (Wildman–Crippen MR) is 116 cm³/mol. The van der Waals surface area contributed by atoms with Gasteiger partial charge in [-0.15, -0.1) is 11.3 Å². The van der Waals surface area contributed by atoms with E-state index in [-0.39, 0.29) is 5.91 Å². The van der Waals surface area contributed by atoms with E-state index in [4.69, 9.17) is 0 Å². The Bertz CT molecular complexity index is 1040. The number of hydrogen-bond donors (Lipinski definition) is 1. The maximum atomic E-state index is 12.4. The average molecular weight is 470 g/mol. The molecule has 0 saturated carbocycles. The highest BCUT2D eigenvalue weighted by molar-refractivity contribution is 14.1. The molecule has 0 aliphatic heterocycles. The summed E-state index contributed by atoms with van der Waals surface area (Å²) in [6, 6.07) is 23.7. The lowest BCUT2D eigenvalue weighted by molar-refractivity contribution is 0.102. The van der Waals surface area contributed by atoms with Gasteiger partial charge >= 0.3 is 0 Å². The number of thiazole rings is 1. The van der Waals surface area contributed by atoms with E-state index >= 15 is 0 Å². The molecule has 4 rings (SSSR count). The van der Waals surface area contributed by atoms with Crippen molar-refractivity contribution < 1.29 is 4.79 Å². The van der Waals surface area contributed by atoms with Crippen molar-refractivity contribution in [2.75, 3.05) is 5.32 Å². The fourth-order valence-electron chi connectivity index (χ4n) is 2.72. The Morgan fingerprint density at radius 3 is 2.46 bits per heavy atom. The van der Waals surface area contributed by atoms with E-state index in [9.17, 15) is 4.79 Å². The van der Waals surface area contributed by atoms with Crippen LogP contribution in [0.5, 0.6) is 0 Å². The van der Waals surface area contributed by atoms with Gasteiger partial charge in [-0.05, 0) is 64.6 Å². The predicted octanol–water partition coefficient (Wildman–Crippen LogP) is 5.74. The molecule has 0 spiro atoms. The molecule has 5 heteroatoms. The van der Waals surface area contributed by atoms with E-state index in [2.05, 4.69) is 39.0 Å². The quantitative estimate of drug-likeness (QED) is 0.387. The molecule has 0 aliphatic carbocycles. The van der Waals surface area contributed by atoms with Crippen molar-refractivity contribution in [1.29, 1.82) is 0 Å². The van der Waals surface area contributed by atoms with Crippen molar-refractivity contribution >= 4 is 55.7 Å². The molecule has 1 heterocycles. The Balaban J connectivity index is 1.46. The van der Waals surface area contributed by atoms with Gasteiger partial charge in [0.25, 0.3) is 5.91 Å². The zero-order valence-corrected chi connectivity index (χ0v) is 16.8. The molecular weight excluding hydrogens is 455 g/mol. The standard InChI is InChI=1S/C21H15IN2OS/c22-17-6-2-1-5-16(17)21(25)23-15-11-9-14(10-12-15)13-20-24-18-7-3-4-8-19(18)26-20/h1-12H,13H2,(H,23,25). The maximum absolute atomic E-state index is 12.4. The van der Waals surface area contributed by atoms with Crippen molar-refractivity contribution in [3.05, 3.63) is 92.5 Å². The largest absolute Gasteiger partial charge is 0.322 e. The number of hydrogen-bond acceptors (Lipinski definition) is 3. The van der Waals surface area contributed by atoms with Crippen LogP contribution in [0.15, 0.2) is 72.8 Å². The minimum Gasteiger partial charge on any atom is -0.322 e. The van der Waals surface area contributed by atoms with Gasteiger partial charge in [0.15, 0.2) is 0 Å². The number of nitrogens with zero attached hydrogens (tertiary/aromatic N) is 1. The smallest absolute Gasteiger partial charge is 0.256 e.